The van der Waals surface area contributed by atoms with E-state index in [0.29, 0.717) is 52.1 Å². The van der Waals surface area contributed by atoms with E-state index in [1.165, 1.54) is 12.1 Å². The van der Waals surface area contributed by atoms with Crippen LogP contribution in [0.15, 0.2) is 29.0 Å². The number of ether oxygens (including phenoxy) is 1. The molecule has 132 valence electrons. The molecule has 0 spiro atoms. The first-order valence-corrected chi connectivity index (χ1v) is 8.23. The van der Waals surface area contributed by atoms with Gasteiger partial charge in [0.05, 0.1) is 12.5 Å². The minimum atomic E-state index is -0.470. The molecule has 1 atom stereocenters. The van der Waals surface area contributed by atoms with Gasteiger partial charge in [-0.3, -0.25) is 4.40 Å². The smallest absolute Gasteiger partial charge is 0.244 e. The van der Waals surface area contributed by atoms with Crippen molar-refractivity contribution >= 4 is 16.6 Å². The lowest BCUT2D eigenvalue weighted by Crippen LogP contribution is -2.32. The van der Waals surface area contributed by atoms with Crippen LogP contribution in [0.4, 0.5) is 4.39 Å². The number of hydrogen-bond acceptors (Lipinski definition) is 6. The number of imidazole rings is 1. The summed E-state index contributed by atoms with van der Waals surface area (Å²) < 4.78 is 26.7. The van der Waals surface area contributed by atoms with Crippen molar-refractivity contribution in [1.29, 1.82) is 0 Å². The standard InChI is InChI=1S/C17H14FN5O3/c1-9-15-14(16-20-17(26-21-16)10-4-5-25-7-10)19-8-22(15)12-3-2-11(18)6-13(12)23(9)24/h2-3,6,8,10H,4-5,7H2,1H3. The van der Waals surface area contributed by atoms with Gasteiger partial charge in [0.1, 0.15) is 28.9 Å². The number of fused-ring (bicyclic) bond motifs is 3. The van der Waals surface area contributed by atoms with E-state index >= 15 is 0 Å². The molecule has 0 bridgehead atoms. The Labute approximate surface area is 146 Å². The Morgan fingerprint density at radius 1 is 1.38 bits per heavy atom. The first-order chi connectivity index (χ1) is 12.6. The van der Waals surface area contributed by atoms with Crippen molar-refractivity contribution in [1.82, 2.24) is 19.5 Å². The van der Waals surface area contributed by atoms with Crippen LogP contribution < -0.4 is 4.73 Å². The van der Waals surface area contributed by atoms with Crippen molar-refractivity contribution in [3.63, 3.8) is 0 Å². The zero-order chi connectivity index (χ0) is 17.8. The maximum absolute atomic E-state index is 13.5. The van der Waals surface area contributed by atoms with Gasteiger partial charge in [0.2, 0.25) is 22.9 Å². The second-order valence-corrected chi connectivity index (χ2v) is 6.34. The van der Waals surface area contributed by atoms with E-state index in [0.717, 1.165) is 6.42 Å². The first-order valence-electron chi connectivity index (χ1n) is 8.23. The number of benzene rings is 1. The van der Waals surface area contributed by atoms with Crippen molar-refractivity contribution < 1.29 is 18.4 Å². The van der Waals surface area contributed by atoms with Crippen LogP contribution in [0.5, 0.6) is 0 Å². The summed E-state index contributed by atoms with van der Waals surface area (Å²) in [7, 11) is 0. The molecule has 1 unspecified atom stereocenters. The third-order valence-electron chi connectivity index (χ3n) is 4.76. The molecule has 5 rings (SSSR count). The summed E-state index contributed by atoms with van der Waals surface area (Å²) in [6, 6.07) is 4.07. The van der Waals surface area contributed by atoms with Crippen molar-refractivity contribution in [2.24, 2.45) is 0 Å². The highest BCUT2D eigenvalue weighted by Crippen LogP contribution is 2.29. The highest BCUT2D eigenvalue weighted by atomic mass is 19.1. The number of aromatic nitrogens is 5. The fraction of sp³-hybridized carbons (Fsp3) is 0.294. The van der Waals surface area contributed by atoms with E-state index in [1.54, 1.807) is 23.7 Å². The predicted octanol–water partition coefficient (Wildman–Crippen LogP) is 2.12. The third kappa shape index (κ3) is 2.10. The second kappa shape index (κ2) is 5.46. The molecule has 1 aliphatic heterocycles. The minimum absolute atomic E-state index is 0.0828. The topological polar surface area (TPSA) is 92.4 Å². The van der Waals surface area contributed by atoms with Crippen LogP contribution in [0.1, 0.15) is 23.9 Å². The van der Waals surface area contributed by atoms with Gasteiger partial charge >= 0.3 is 0 Å². The normalized spacial score (nSPS) is 17.5. The van der Waals surface area contributed by atoms with Crippen LogP contribution in [0, 0.1) is 17.9 Å². The van der Waals surface area contributed by atoms with Gasteiger partial charge in [-0.1, -0.05) is 5.16 Å². The van der Waals surface area contributed by atoms with Crippen molar-refractivity contribution in [2.45, 2.75) is 19.3 Å². The zero-order valence-electron chi connectivity index (χ0n) is 13.8. The fourth-order valence-electron chi connectivity index (χ4n) is 3.41. The molecule has 9 heteroatoms. The summed E-state index contributed by atoms with van der Waals surface area (Å²) in [5.74, 6) is 0.440. The van der Waals surface area contributed by atoms with Crippen molar-refractivity contribution in [2.75, 3.05) is 13.2 Å². The molecule has 1 aliphatic rings. The summed E-state index contributed by atoms with van der Waals surface area (Å²) in [4.78, 5) is 8.83. The maximum atomic E-state index is 13.5. The third-order valence-corrected chi connectivity index (χ3v) is 4.76. The molecule has 1 saturated heterocycles. The summed E-state index contributed by atoms with van der Waals surface area (Å²) in [6.45, 7) is 2.89. The molecule has 0 N–H and O–H groups in total. The van der Waals surface area contributed by atoms with Crippen molar-refractivity contribution in [3.05, 3.63) is 47.1 Å². The molecule has 26 heavy (non-hydrogen) atoms. The molecular weight excluding hydrogens is 341 g/mol. The molecule has 3 aromatic heterocycles. The van der Waals surface area contributed by atoms with Gasteiger partial charge in [-0.15, -0.1) is 0 Å². The van der Waals surface area contributed by atoms with E-state index in [4.69, 9.17) is 9.26 Å². The summed E-state index contributed by atoms with van der Waals surface area (Å²) in [5, 5.41) is 16.6. The van der Waals surface area contributed by atoms with E-state index < -0.39 is 5.82 Å². The average Bonchev–Trinajstić information content (AvgIpc) is 3.38. The average molecular weight is 355 g/mol. The van der Waals surface area contributed by atoms with Crippen LogP contribution in [0.2, 0.25) is 0 Å². The highest BCUT2D eigenvalue weighted by Gasteiger charge is 2.27. The van der Waals surface area contributed by atoms with Gasteiger partial charge in [-0.2, -0.15) is 9.71 Å². The number of aryl methyl sites for hydroxylation is 1. The Kier molecular flexibility index (Phi) is 3.20. The van der Waals surface area contributed by atoms with Gasteiger partial charge in [0.15, 0.2) is 0 Å². The van der Waals surface area contributed by atoms with E-state index in [9.17, 15) is 9.60 Å². The molecule has 0 aliphatic carbocycles. The molecule has 0 saturated carbocycles. The quantitative estimate of drug-likeness (QED) is 0.404. The molecule has 1 aromatic carbocycles. The lowest BCUT2D eigenvalue weighted by Gasteiger charge is -2.08. The molecule has 0 radical (unpaired) electrons. The largest absolute Gasteiger partial charge is 0.618 e. The lowest BCUT2D eigenvalue weighted by atomic mass is 10.1. The molecule has 1 fully saturated rings. The SMILES string of the molecule is Cc1c2c(-c3noc(C4CCOC4)n3)ncn2c2ccc(F)cc2[n+]1[O-]. The van der Waals surface area contributed by atoms with Crippen LogP contribution >= 0.6 is 0 Å². The van der Waals surface area contributed by atoms with Gasteiger partial charge in [0, 0.05) is 19.6 Å². The van der Waals surface area contributed by atoms with Crippen LogP contribution in [0.25, 0.3) is 28.1 Å². The minimum Gasteiger partial charge on any atom is -0.618 e. The predicted molar refractivity (Wildman–Crippen MR) is 87.8 cm³/mol. The monoisotopic (exact) mass is 355 g/mol. The molecule has 4 heterocycles. The van der Waals surface area contributed by atoms with Gasteiger partial charge < -0.3 is 14.5 Å². The van der Waals surface area contributed by atoms with Gasteiger partial charge in [0.25, 0.3) is 0 Å². The fourth-order valence-corrected chi connectivity index (χ4v) is 3.41. The number of nitrogens with zero attached hydrogens (tertiary/aromatic N) is 5. The second-order valence-electron chi connectivity index (χ2n) is 6.34. The van der Waals surface area contributed by atoms with Gasteiger partial charge in [-0.25, -0.2) is 9.37 Å². The number of halogens is 1. The summed E-state index contributed by atoms with van der Waals surface area (Å²) >= 11 is 0. The van der Waals surface area contributed by atoms with E-state index in [-0.39, 0.29) is 11.4 Å². The van der Waals surface area contributed by atoms with Crippen LogP contribution in [-0.2, 0) is 4.74 Å². The number of hydrogen-bond donors (Lipinski definition) is 0. The van der Waals surface area contributed by atoms with Crippen LogP contribution in [-0.4, -0.2) is 32.7 Å². The summed E-state index contributed by atoms with van der Waals surface area (Å²) in [6.07, 6.45) is 2.41. The maximum Gasteiger partial charge on any atom is 0.244 e. The molecule has 4 aromatic rings. The van der Waals surface area contributed by atoms with Crippen molar-refractivity contribution in [3.8, 4) is 11.5 Å². The Morgan fingerprint density at radius 3 is 3.08 bits per heavy atom. The summed E-state index contributed by atoms with van der Waals surface area (Å²) in [5.41, 5.74) is 2.18. The zero-order valence-corrected chi connectivity index (χ0v) is 13.8. The lowest BCUT2D eigenvalue weighted by molar-refractivity contribution is -0.583. The van der Waals surface area contributed by atoms with Crippen LogP contribution in [0.3, 0.4) is 0 Å². The Balaban J connectivity index is 1.72. The van der Waals surface area contributed by atoms with Gasteiger partial charge in [-0.05, 0) is 18.6 Å². The Hall–Kier alpha value is -3.07. The first kappa shape index (κ1) is 15.2. The van der Waals surface area contributed by atoms with E-state index in [1.807, 2.05) is 0 Å². The van der Waals surface area contributed by atoms with E-state index in [2.05, 4.69) is 15.1 Å². The molecule has 0 amide bonds. The molecular formula is C17H14FN5O3. The Morgan fingerprint density at radius 2 is 2.27 bits per heavy atom. The number of rotatable bonds is 2. The highest BCUT2D eigenvalue weighted by molar-refractivity contribution is 5.82. The molecule has 8 nitrogen and oxygen atoms in total. The Bertz CT molecular complexity index is 1150.